The van der Waals surface area contributed by atoms with Crippen molar-refractivity contribution in [2.45, 2.75) is 25.2 Å². The minimum Gasteiger partial charge on any atom is -0.265 e. The van der Waals surface area contributed by atoms with Gasteiger partial charge in [-0.15, -0.1) is 0 Å². The zero-order valence-electron chi connectivity index (χ0n) is 12.6. The van der Waals surface area contributed by atoms with E-state index in [2.05, 4.69) is 65.6 Å². The molecule has 0 bridgehead atoms. The summed E-state index contributed by atoms with van der Waals surface area (Å²) in [5.74, 6) is 0.534. The van der Waals surface area contributed by atoms with Crippen LogP contribution in [0, 0.1) is 0 Å². The van der Waals surface area contributed by atoms with Gasteiger partial charge in [-0.05, 0) is 59.2 Å². The fraction of sp³-hybridized carbons (Fsp3) is 0.190. The zero-order chi connectivity index (χ0) is 14.8. The van der Waals surface area contributed by atoms with Crippen LogP contribution in [0.3, 0.4) is 0 Å². The number of aryl methyl sites for hydroxylation is 1. The van der Waals surface area contributed by atoms with Crippen LogP contribution in [0.15, 0.2) is 73.1 Å². The lowest BCUT2D eigenvalue weighted by atomic mass is 9.78. The highest BCUT2D eigenvalue weighted by molar-refractivity contribution is 5.64. The second kappa shape index (κ2) is 5.76. The maximum absolute atomic E-state index is 4.11. The van der Waals surface area contributed by atoms with E-state index in [1.165, 1.54) is 47.1 Å². The molecule has 1 heterocycles. The van der Waals surface area contributed by atoms with Crippen molar-refractivity contribution in [1.82, 2.24) is 4.98 Å². The number of fused-ring (bicyclic) bond motifs is 1. The van der Waals surface area contributed by atoms with Gasteiger partial charge in [-0.1, -0.05) is 48.5 Å². The maximum Gasteiger partial charge on any atom is 0.0273 e. The lowest BCUT2D eigenvalue weighted by Crippen LogP contribution is -2.10. The third-order valence-corrected chi connectivity index (χ3v) is 4.67. The molecule has 0 saturated heterocycles. The first-order chi connectivity index (χ1) is 10.9. The Kier molecular flexibility index (Phi) is 3.48. The monoisotopic (exact) mass is 285 g/mol. The Hall–Kier alpha value is -2.41. The van der Waals surface area contributed by atoms with E-state index in [9.17, 15) is 0 Å². The zero-order valence-corrected chi connectivity index (χ0v) is 12.6. The average molecular weight is 285 g/mol. The van der Waals surface area contributed by atoms with Gasteiger partial charge in [0.25, 0.3) is 0 Å². The minimum absolute atomic E-state index is 0.534. The molecular weight excluding hydrogens is 266 g/mol. The van der Waals surface area contributed by atoms with Crippen LogP contribution < -0.4 is 0 Å². The van der Waals surface area contributed by atoms with E-state index < -0.39 is 0 Å². The third-order valence-electron chi connectivity index (χ3n) is 4.67. The molecule has 22 heavy (non-hydrogen) atoms. The van der Waals surface area contributed by atoms with Gasteiger partial charge in [0.05, 0.1) is 0 Å². The van der Waals surface area contributed by atoms with Crippen molar-refractivity contribution in [3.8, 4) is 11.1 Å². The molecule has 0 aliphatic heterocycles. The Morgan fingerprint density at radius 3 is 2.59 bits per heavy atom. The number of hydrogen-bond donors (Lipinski definition) is 0. The molecule has 0 fully saturated rings. The van der Waals surface area contributed by atoms with Gasteiger partial charge in [-0.3, -0.25) is 4.98 Å². The number of benzene rings is 2. The number of nitrogens with zero attached hydrogens (tertiary/aromatic N) is 1. The minimum atomic E-state index is 0.534. The molecule has 1 aliphatic rings. The van der Waals surface area contributed by atoms with E-state index >= 15 is 0 Å². The molecule has 0 radical (unpaired) electrons. The fourth-order valence-electron chi connectivity index (χ4n) is 3.58. The number of aromatic nitrogens is 1. The molecule has 1 aliphatic carbocycles. The molecule has 2 aromatic carbocycles. The summed E-state index contributed by atoms with van der Waals surface area (Å²) in [6.45, 7) is 0. The Morgan fingerprint density at radius 1 is 0.818 bits per heavy atom. The summed E-state index contributed by atoms with van der Waals surface area (Å²) in [4.78, 5) is 4.11. The van der Waals surface area contributed by atoms with Crippen molar-refractivity contribution >= 4 is 0 Å². The van der Waals surface area contributed by atoms with Gasteiger partial charge in [0.15, 0.2) is 0 Å². The highest BCUT2D eigenvalue weighted by atomic mass is 14.6. The van der Waals surface area contributed by atoms with E-state index in [-0.39, 0.29) is 0 Å². The normalized spacial score (nSPS) is 17.0. The first kappa shape index (κ1) is 13.3. The fourth-order valence-corrected chi connectivity index (χ4v) is 3.58. The molecule has 0 N–H and O–H groups in total. The summed E-state index contributed by atoms with van der Waals surface area (Å²) >= 11 is 0. The van der Waals surface area contributed by atoms with Crippen LogP contribution in [0.2, 0.25) is 0 Å². The highest BCUT2D eigenvalue weighted by Gasteiger charge is 2.21. The highest BCUT2D eigenvalue weighted by Crippen LogP contribution is 2.37. The largest absolute Gasteiger partial charge is 0.265 e. The van der Waals surface area contributed by atoms with Crippen molar-refractivity contribution in [1.29, 1.82) is 0 Å². The first-order valence-corrected chi connectivity index (χ1v) is 8.00. The summed E-state index contributed by atoms with van der Waals surface area (Å²) in [5, 5.41) is 0. The molecule has 1 heteroatoms. The van der Waals surface area contributed by atoms with Gasteiger partial charge in [-0.25, -0.2) is 0 Å². The summed E-state index contributed by atoms with van der Waals surface area (Å²) in [6, 6.07) is 22.1. The lowest BCUT2D eigenvalue weighted by Gasteiger charge is -2.26. The molecule has 0 saturated carbocycles. The van der Waals surface area contributed by atoms with Gasteiger partial charge in [0, 0.05) is 18.3 Å². The third kappa shape index (κ3) is 2.43. The van der Waals surface area contributed by atoms with Crippen molar-refractivity contribution in [3.05, 3.63) is 89.7 Å². The van der Waals surface area contributed by atoms with Crippen molar-refractivity contribution in [2.24, 2.45) is 0 Å². The number of hydrogen-bond acceptors (Lipinski definition) is 1. The second-order valence-electron chi connectivity index (χ2n) is 6.00. The molecule has 108 valence electrons. The quantitative estimate of drug-likeness (QED) is 0.629. The molecule has 4 rings (SSSR count). The van der Waals surface area contributed by atoms with E-state index in [1.54, 1.807) is 0 Å². The van der Waals surface area contributed by atoms with E-state index in [0.717, 1.165) is 0 Å². The summed E-state index contributed by atoms with van der Waals surface area (Å²) in [7, 11) is 0. The molecule has 0 spiro atoms. The van der Waals surface area contributed by atoms with Gasteiger partial charge >= 0.3 is 0 Å². The molecule has 1 nitrogen and oxygen atoms in total. The van der Waals surface area contributed by atoms with Gasteiger partial charge in [-0.2, -0.15) is 0 Å². The average Bonchev–Trinajstić information content (AvgIpc) is 2.62. The van der Waals surface area contributed by atoms with Gasteiger partial charge < -0.3 is 0 Å². The topological polar surface area (TPSA) is 12.9 Å². The summed E-state index contributed by atoms with van der Waals surface area (Å²) < 4.78 is 0. The molecular formula is C21H19N. The Bertz CT molecular complexity index is 777. The first-order valence-electron chi connectivity index (χ1n) is 8.00. The Balaban J connectivity index is 1.76. The smallest absolute Gasteiger partial charge is 0.0273 e. The SMILES string of the molecule is c1cc(-c2ccncc2)cc([C@H]2CCCc3ccccc32)c1. The maximum atomic E-state index is 4.11. The Labute approximate surface area is 131 Å². The van der Waals surface area contributed by atoms with E-state index in [1.807, 2.05) is 12.4 Å². The van der Waals surface area contributed by atoms with Crippen LogP contribution in [0.1, 0.15) is 35.4 Å². The number of pyridine rings is 1. The van der Waals surface area contributed by atoms with Gasteiger partial charge in [0.1, 0.15) is 0 Å². The predicted octanol–water partition coefficient (Wildman–Crippen LogP) is 5.22. The van der Waals surface area contributed by atoms with Crippen molar-refractivity contribution in [2.75, 3.05) is 0 Å². The molecule has 0 amide bonds. The lowest BCUT2D eigenvalue weighted by molar-refractivity contribution is 0.616. The van der Waals surface area contributed by atoms with E-state index in [0.29, 0.717) is 5.92 Å². The second-order valence-corrected chi connectivity index (χ2v) is 6.00. The van der Waals surface area contributed by atoms with Crippen LogP contribution >= 0.6 is 0 Å². The van der Waals surface area contributed by atoms with Gasteiger partial charge in [0.2, 0.25) is 0 Å². The summed E-state index contributed by atoms with van der Waals surface area (Å²) in [6.07, 6.45) is 7.46. The van der Waals surface area contributed by atoms with Crippen LogP contribution in [0.4, 0.5) is 0 Å². The number of rotatable bonds is 2. The van der Waals surface area contributed by atoms with Crippen LogP contribution in [0.5, 0.6) is 0 Å². The molecule has 1 aromatic heterocycles. The van der Waals surface area contributed by atoms with Crippen molar-refractivity contribution in [3.63, 3.8) is 0 Å². The Morgan fingerprint density at radius 2 is 1.68 bits per heavy atom. The van der Waals surface area contributed by atoms with Crippen LogP contribution in [-0.2, 0) is 6.42 Å². The molecule has 0 unspecified atom stereocenters. The van der Waals surface area contributed by atoms with Crippen molar-refractivity contribution < 1.29 is 0 Å². The summed E-state index contributed by atoms with van der Waals surface area (Å²) in [5.41, 5.74) is 6.99. The predicted molar refractivity (Wildman–Crippen MR) is 90.9 cm³/mol. The van der Waals surface area contributed by atoms with Crippen LogP contribution in [-0.4, -0.2) is 4.98 Å². The molecule has 1 atom stereocenters. The standard InChI is InChI=1S/C21H19N/c1-2-9-20-17(5-1)6-4-10-21(20)19-8-3-7-18(15-19)16-11-13-22-14-12-16/h1-3,5,7-9,11-15,21H,4,6,10H2/t21-/m1/s1. The van der Waals surface area contributed by atoms with Crippen LogP contribution in [0.25, 0.3) is 11.1 Å². The molecule has 3 aromatic rings. The van der Waals surface area contributed by atoms with E-state index in [4.69, 9.17) is 0 Å².